The first-order chi connectivity index (χ1) is 13.7. The summed E-state index contributed by atoms with van der Waals surface area (Å²) in [6.45, 7) is 4.02. The largest absolute Gasteiger partial charge is 0.497 e. The van der Waals surface area contributed by atoms with Crippen molar-refractivity contribution in [1.82, 2.24) is 10.2 Å². The summed E-state index contributed by atoms with van der Waals surface area (Å²) in [7, 11) is 1.66. The summed E-state index contributed by atoms with van der Waals surface area (Å²) in [4.78, 5) is 14.8. The van der Waals surface area contributed by atoms with Crippen LogP contribution in [0.1, 0.15) is 17.5 Å². The molecule has 1 heterocycles. The number of carbonyl (C=O) groups is 1. The van der Waals surface area contributed by atoms with Gasteiger partial charge in [0.1, 0.15) is 5.75 Å². The first-order valence-corrected chi connectivity index (χ1v) is 10.00. The molecule has 1 fully saturated rings. The third-order valence-electron chi connectivity index (χ3n) is 5.21. The number of methoxy groups -OCH3 is 1. The minimum absolute atomic E-state index is 0.0992. The minimum atomic E-state index is 0.0992. The van der Waals surface area contributed by atoms with E-state index in [-0.39, 0.29) is 11.9 Å². The zero-order valence-corrected chi connectivity index (χ0v) is 16.6. The molecule has 2 aromatic rings. The molecular formula is C23H30N2O3. The summed E-state index contributed by atoms with van der Waals surface area (Å²) >= 11 is 0. The van der Waals surface area contributed by atoms with Crippen LogP contribution in [0.25, 0.3) is 0 Å². The zero-order chi connectivity index (χ0) is 19.6. The molecule has 0 saturated carbocycles. The Morgan fingerprint density at radius 2 is 1.79 bits per heavy atom. The van der Waals surface area contributed by atoms with Crippen molar-refractivity contribution in [2.45, 2.75) is 25.3 Å². The number of nitrogens with zero attached hydrogens (tertiary/aromatic N) is 1. The van der Waals surface area contributed by atoms with Gasteiger partial charge in [0.15, 0.2) is 0 Å². The highest BCUT2D eigenvalue weighted by Gasteiger charge is 2.21. The number of aryl methyl sites for hydroxylation is 1. The second kappa shape index (κ2) is 10.8. The van der Waals surface area contributed by atoms with Crippen LogP contribution in [-0.4, -0.2) is 56.8 Å². The first-order valence-electron chi connectivity index (χ1n) is 10.00. The number of hydrogen-bond acceptors (Lipinski definition) is 4. The van der Waals surface area contributed by atoms with Gasteiger partial charge in [-0.3, -0.25) is 9.69 Å². The Morgan fingerprint density at radius 3 is 2.46 bits per heavy atom. The number of benzene rings is 2. The summed E-state index contributed by atoms with van der Waals surface area (Å²) < 4.78 is 10.7. The number of nitrogens with one attached hydrogen (secondary N) is 1. The number of carbonyl (C=O) groups excluding carboxylic acids is 1. The molecule has 1 amide bonds. The average molecular weight is 383 g/mol. The maximum Gasteiger partial charge on any atom is 0.220 e. The number of amides is 1. The first kappa shape index (κ1) is 20.4. The van der Waals surface area contributed by atoms with Crippen LogP contribution in [0.5, 0.6) is 5.75 Å². The van der Waals surface area contributed by atoms with Crippen molar-refractivity contribution in [2.75, 3.05) is 40.0 Å². The van der Waals surface area contributed by atoms with Crippen LogP contribution in [0, 0.1) is 0 Å². The third-order valence-corrected chi connectivity index (χ3v) is 5.21. The predicted molar refractivity (Wildman–Crippen MR) is 111 cm³/mol. The zero-order valence-electron chi connectivity index (χ0n) is 16.6. The van der Waals surface area contributed by atoms with E-state index in [9.17, 15) is 4.79 Å². The van der Waals surface area contributed by atoms with Gasteiger partial charge in [-0.1, -0.05) is 42.5 Å². The molecule has 1 aliphatic heterocycles. The maximum absolute atomic E-state index is 12.4. The lowest BCUT2D eigenvalue weighted by Crippen LogP contribution is -2.49. The number of morpholine rings is 1. The molecule has 0 bridgehead atoms. The van der Waals surface area contributed by atoms with Crippen LogP contribution in [0.15, 0.2) is 54.6 Å². The van der Waals surface area contributed by atoms with Crippen LogP contribution in [0.2, 0.25) is 0 Å². The van der Waals surface area contributed by atoms with Crippen molar-refractivity contribution in [3.8, 4) is 5.75 Å². The van der Waals surface area contributed by atoms with Gasteiger partial charge >= 0.3 is 0 Å². The Morgan fingerprint density at radius 1 is 1.07 bits per heavy atom. The van der Waals surface area contributed by atoms with Crippen molar-refractivity contribution in [3.05, 3.63) is 65.7 Å². The van der Waals surface area contributed by atoms with Gasteiger partial charge in [0.05, 0.1) is 20.3 Å². The van der Waals surface area contributed by atoms with Crippen molar-refractivity contribution >= 4 is 5.91 Å². The van der Waals surface area contributed by atoms with E-state index in [0.717, 1.165) is 50.5 Å². The number of rotatable bonds is 9. The molecular weight excluding hydrogens is 352 g/mol. The van der Waals surface area contributed by atoms with E-state index in [1.807, 2.05) is 30.3 Å². The summed E-state index contributed by atoms with van der Waals surface area (Å²) in [5, 5.41) is 3.15. The van der Waals surface area contributed by atoms with E-state index in [1.165, 1.54) is 5.56 Å². The quantitative estimate of drug-likeness (QED) is 0.725. The highest BCUT2D eigenvalue weighted by molar-refractivity contribution is 5.76. The van der Waals surface area contributed by atoms with Gasteiger partial charge in [-0.05, 0) is 36.1 Å². The Balaban J connectivity index is 1.50. The summed E-state index contributed by atoms with van der Waals surface area (Å²) in [6.07, 6.45) is 2.16. The normalized spacial score (nSPS) is 15.8. The summed E-state index contributed by atoms with van der Waals surface area (Å²) in [5.41, 5.74) is 2.44. The molecule has 0 aliphatic carbocycles. The Kier molecular flexibility index (Phi) is 7.88. The van der Waals surface area contributed by atoms with Crippen LogP contribution < -0.4 is 10.1 Å². The fourth-order valence-electron chi connectivity index (χ4n) is 3.53. The van der Waals surface area contributed by atoms with Crippen molar-refractivity contribution in [3.63, 3.8) is 0 Å². The lowest BCUT2D eigenvalue weighted by Gasteiger charge is -2.34. The minimum Gasteiger partial charge on any atom is -0.497 e. The van der Waals surface area contributed by atoms with Crippen LogP contribution in [0.3, 0.4) is 0 Å². The van der Waals surface area contributed by atoms with Crippen molar-refractivity contribution in [2.24, 2.45) is 0 Å². The van der Waals surface area contributed by atoms with E-state index in [1.54, 1.807) is 7.11 Å². The fourth-order valence-corrected chi connectivity index (χ4v) is 3.53. The molecule has 28 heavy (non-hydrogen) atoms. The second-order valence-corrected chi connectivity index (χ2v) is 7.14. The van der Waals surface area contributed by atoms with Gasteiger partial charge in [-0.25, -0.2) is 0 Å². The molecule has 0 aromatic heterocycles. The molecule has 5 heteroatoms. The molecule has 1 aliphatic rings. The molecule has 1 N–H and O–H groups in total. The van der Waals surface area contributed by atoms with Gasteiger partial charge in [0.2, 0.25) is 5.91 Å². The highest BCUT2D eigenvalue weighted by Crippen LogP contribution is 2.13. The molecule has 1 atom stereocenters. The molecule has 150 valence electrons. The molecule has 5 nitrogen and oxygen atoms in total. The smallest absolute Gasteiger partial charge is 0.220 e. The topological polar surface area (TPSA) is 50.8 Å². The lowest BCUT2D eigenvalue weighted by molar-refractivity contribution is -0.121. The van der Waals surface area contributed by atoms with Gasteiger partial charge in [-0.2, -0.15) is 0 Å². The van der Waals surface area contributed by atoms with Gasteiger partial charge < -0.3 is 14.8 Å². The molecule has 2 aromatic carbocycles. The van der Waals surface area contributed by atoms with Gasteiger partial charge in [0, 0.05) is 32.1 Å². The number of hydrogen-bond donors (Lipinski definition) is 1. The maximum atomic E-state index is 12.4. The predicted octanol–water partition coefficient (Wildman–Crippen LogP) is 2.69. The van der Waals surface area contributed by atoms with Crippen LogP contribution in [0.4, 0.5) is 0 Å². The van der Waals surface area contributed by atoms with E-state index < -0.39 is 0 Å². The third kappa shape index (κ3) is 6.36. The van der Waals surface area contributed by atoms with Gasteiger partial charge in [0.25, 0.3) is 0 Å². The SMILES string of the molecule is COc1ccc(CCC(=O)NCC(Cc2ccccc2)N2CCOCC2)cc1. The van der Waals surface area contributed by atoms with E-state index in [0.29, 0.717) is 13.0 Å². The second-order valence-electron chi connectivity index (χ2n) is 7.14. The van der Waals surface area contributed by atoms with E-state index >= 15 is 0 Å². The van der Waals surface area contributed by atoms with E-state index in [4.69, 9.17) is 9.47 Å². The molecule has 1 unspecified atom stereocenters. The average Bonchev–Trinajstić information content (AvgIpc) is 2.77. The standard InChI is InChI=1S/C23H30N2O3/c1-27-22-10-7-19(8-11-22)9-12-23(26)24-18-21(25-13-15-28-16-14-25)17-20-5-3-2-4-6-20/h2-8,10-11,21H,9,12-18H2,1H3,(H,24,26). The van der Waals surface area contributed by atoms with Crippen molar-refractivity contribution in [1.29, 1.82) is 0 Å². The van der Waals surface area contributed by atoms with Gasteiger partial charge in [-0.15, -0.1) is 0 Å². The van der Waals surface area contributed by atoms with Crippen LogP contribution >= 0.6 is 0 Å². The Labute approximate surface area is 167 Å². The Hall–Kier alpha value is -2.37. The molecule has 3 rings (SSSR count). The molecule has 1 saturated heterocycles. The molecule has 0 spiro atoms. The van der Waals surface area contributed by atoms with Crippen molar-refractivity contribution < 1.29 is 14.3 Å². The Bertz CT molecular complexity index is 712. The monoisotopic (exact) mass is 382 g/mol. The lowest BCUT2D eigenvalue weighted by atomic mass is 10.0. The fraction of sp³-hybridized carbons (Fsp3) is 0.435. The summed E-state index contributed by atoms with van der Waals surface area (Å²) in [5.74, 6) is 0.935. The highest BCUT2D eigenvalue weighted by atomic mass is 16.5. The molecule has 0 radical (unpaired) electrons. The van der Waals surface area contributed by atoms with Crippen LogP contribution in [-0.2, 0) is 22.4 Å². The van der Waals surface area contributed by atoms with E-state index in [2.05, 4.69) is 34.5 Å². The summed E-state index contributed by atoms with van der Waals surface area (Å²) in [6, 6.07) is 18.7. The number of ether oxygens (including phenoxy) is 2.